The van der Waals surface area contributed by atoms with E-state index in [1.807, 2.05) is 24.4 Å². The molecule has 0 atom stereocenters. The van der Waals surface area contributed by atoms with Gasteiger partial charge in [-0.15, -0.1) is 0 Å². The summed E-state index contributed by atoms with van der Waals surface area (Å²) >= 11 is 0. The number of nitrogens with one attached hydrogen (secondary N) is 1. The van der Waals surface area contributed by atoms with Gasteiger partial charge in [0.15, 0.2) is 11.5 Å². The lowest BCUT2D eigenvalue weighted by molar-refractivity contribution is 0.0953. The molecule has 0 saturated heterocycles. The standard InChI is InChI=1S/C20H23N3O2/c1-2-3-8-19-23-17-13-16(9-10-18(17)25-19)20(24)22-12-5-7-15-6-4-11-21-14-15/h4,6,9-11,13-14H,2-3,5,7-8,12H2,1H3,(H,22,24). The van der Waals surface area contributed by atoms with E-state index >= 15 is 0 Å². The Balaban J connectivity index is 1.54. The number of benzene rings is 1. The first kappa shape index (κ1) is 17.1. The summed E-state index contributed by atoms with van der Waals surface area (Å²) in [6, 6.07) is 9.37. The zero-order valence-corrected chi connectivity index (χ0v) is 14.5. The molecule has 1 N–H and O–H groups in total. The predicted octanol–water partition coefficient (Wildman–Crippen LogP) is 3.93. The third kappa shape index (κ3) is 4.66. The maximum atomic E-state index is 12.3. The number of hydrogen-bond acceptors (Lipinski definition) is 4. The van der Waals surface area contributed by atoms with Crippen LogP contribution < -0.4 is 5.32 Å². The average molecular weight is 337 g/mol. The molecule has 2 heterocycles. The van der Waals surface area contributed by atoms with Crippen LogP contribution in [-0.2, 0) is 12.8 Å². The van der Waals surface area contributed by atoms with E-state index < -0.39 is 0 Å². The van der Waals surface area contributed by atoms with Gasteiger partial charge in [-0.25, -0.2) is 4.98 Å². The van der Waals surface area contributed by atoms with Crippen molar-refractivity contribution in [3.05, 3.63) is 59.7 Å². The highest BCUT2D eigenvalue weighted by atomic mass is 16.3. The van der Waals surface area contributed by atoms with Gasteiger partial charge in [0, 0.05) is 30.9 Å². The Morgan fingerprint density at radius 1 is 1.20 bits per heavy atom. The smallest absolute Gasteiger partial charge is 0.251 e. The van der Waals surface area contributed by atoms with E-state index in [9.17, 15) is 4.79 Å². The molecule has 25 heavy (non-hydrogen) atoms. The summed E-state index contributed by atoms with van der Waals surface area (Å²) in [5.41, 5.74) is 3.28. The fourth-order valence-electron chi connectivity index (χ4n) is 2.69. The van der Waals surface area contributed by atoms with Crippen LogP contribution in [0.15, 0.2) is 47.1 Å². The Kier molecular flexibility index (Phi) is 5.77. The van der Waals surface area contributed by atoms with Crippen molar-refractivity contribution in [3.8, 4) is 0 Å². The Bertz CT molecular complexity index is 827. The van der Waals surface area contributed by atoms with E-state index in [1.54, 1.807) is 18.3 Å². The fraction of sp³-hybridized carbons (Fsp3) is 0.350. The van der Waals surface area contributed by atoms with Gasteiger partial charge in [-0.3, -0.25) is 9.78 Å². The highest BCUT2D eigenvalue weighted by Gasteiger charge is 2.10. The molecule has 5 nitrogen and oxygen atoms in total. The monoisotopic (exact) mass is 337 g/mol. The minimum atomic E-state index is -0.0776. The molecule has 0 aliphatic heterocycles. The summed E-state index contributed by atoms with van der Waals surface area (Å²) in [6.07, 6.45) is 8.39. The van der Waals surface area contributed by atoms with Crippen molar-refractivity contribution in [3.63, 3.8) is 0 Å². The maximum Gasteiger partial charge on any atom is 0.251 e. The zero-order chi connectivity index (χ0) is 17.5. The van der Waals surface area contributed by atoms with E-state index in [-0.39, 0.29) is 5.91 Å². The van der Waals surface area contributed by atoms with Crippen LogP contribution in [0.3, 0.4) is 0 Å². The first-order valence-electron chi connectivity index (χ1n) is 8.83. The molecular weight excluding hydrogens is 314 g/mol. The number of oxazole rings is 1. The van der Waals surface area contributed by atoms with Gasteiger partial charge in [-0.2, -0.15) is 0 Å². The second kappa shape index (κ2) is 8.42. The van der Waals surface area contributed by atoms with E-state index in [1.165, 1.54) is 5.56 Å². The molecule has 0 bridgehead atoms. The molecule has 0 spiro atoms. The Morgan fingerprint density at radius 3 is 2.92 bits per heavy atom. The highest BCUT2D eigenvalue weighted by Crippen LogP contribution is 2.18. The van der Waals surface area contributed by atoms with Crippen LogP contribution in [0.2, 0.25) is 0 Å². The first-order valence-corrected chi connectivity index (χ1v) is 8.83. The number of fused-ring (bicyclic) bond motifs is 1. The highest BCUT2D eigenvalue weighted by molar-refractivity contribution is 5.97. The number of carbonyl (C=O) groups is 1. The van der Waals surface area contributed by atoms with Crippen molar-refractivity contribution in [2.24, 2.45) is 0 Å². The summed E-state index contributed by atoms with van der Waals surface area (Å²) in [5.74, 6) is 0.664. The number of pyridine rings is 1. The Labute approximate surface area is 147 Å². The van der Waals surface area contributed by atoms with Gasteiger partial charge in [-0.05, 0) is 49.1 Å². The molecule has 0 aliphatic rings. The molecule has 0 unspecified atom stereocenters. The maximum absolute atomic E-state index is 12.3. The van der Waals surface area contributed by atoms with Gasteiger partial charge < -0.3 is 9.73 Å². The summed E-state index contributed by atoms with van der Waals surface area (Å²) in [7, 11) is 0. The number of nitrogens with zero attached hydrogens (tertiary/aromatic N) is 2. The molecule has 0 fully saturated rings. The second-order valence-electron chi connectivity index (χ2n) is 6.11. The van der Waals surface area contributed by atoms with Gasteiger partial charge in [0.1, 0.15) is 5.52 Å². The molecule has 130 valence electrons. The van der Waals surface area contributed by atoms with Gasteiger partial charge in [0.2, 0.25) is 0 Å². The molecular formula is C20H23N3O2. The lowest BCUT2D eigenvalue weighted by Crippen LogP contribution is -2.24. The lowest BCUT2D eigenvalue weighted by Gasteiger charge is -2.05. The average Bonchev–Trinajstić information content (AvgIpc) is 3.06. The summed E-state index contributed by atoms with van der Waals surface area (Å²) in [5, 5.41) is 2.96. The quantitative estimate of drug-likeness (QED) is 0.632. The minimum absolute atomic E-state index is 0.0776. The van der Waals surface area contributed by atoms with Crippen LogP contribution in [-0.4, -0.2) is 22.4 Å². The van der Waals surface area contributed by atoms with Crippen molar-refractivity contribution in [2.45, 2.75) is 39.0 Å². The van der Waals surface area contributed by atoms with Crippen LogP contribution >= 0.6 is 0 Å². The third-order valence-corrected chi connectivity index (χ3v) is 4.09. The topological polar surface area (TPSA) is 68.0 Å². The van der Waals surface area contributed by atoms with Gasteiger partial charge in [0.05, 0.1) is 0 Å². The zero-order valence-electron chi connectivity index (χ0n) is 14.5. The molecule has 3 rings (SSSR count). The fourth-order valence-corrected chi connectivity index (χ4v) is 2.69. The Hall–Kier alpha value is -2.69. The van der Waals surface area contributed by atoms with Crippen LogP contribution in [0.25, 0.3) is 11.1 Å². The predicted molar refractivity (Wildman–Crippen MR) is 97.5 cm³/mol. The number of unbranched alkanes of at least 4 members (excludes halogenated alkanes) is 1. The van der Waals surface area contributed by atoms with E-state index in [0.717, 1.165) is 49.1 Å². The van der Waals surface area contributed by atoms with Gasteiger partial charge >= 0.3 is 0 Å². The van der Waals surface area contributed by atoms with Gasteiger partial charge in [0.25, 0.3) is 5.91 Å². The van der Waals surface area contributed by atoms with Crippen LogP contribution in [0, 0.1) is 0 Å². The van der Waals surface area contributed by atoms with E-state index in [2.05, 4.69) is 22.2 Å². The number of aryl methyl sites for hydroxylation is 2. The Morgan fingerprint density at radius 2 is 2.12 bits per heavy atom. The normalized spacial score (nSPS) is 10.9. The van der Waals surface area contributed by atoms with Crippen LogP contribution in [0.1, 0.15) is 48.0 Å². The van der Waals surface area contributed by atoms with Crippen molar-refractivity contribution in [1.29, 1.82) is 0 Å². The molecule has 0 saturated carbocycles. The van der Waals surface area contributed by atoms with Crippen molar-refractivity contribution < 1.29 is 9.21 Å². The molecule has 1 aromatic carbocycles. The number of carbonyl (C=O) groups excluding carboxylic acids is 1. The third-order valence-electron chi connectivity index (χ3n) is 4.09. The first-order chi connectivity index (χ1) is 12.3. The number of rotatable bonds is 8. The van der Waals surface area contributed by atoms with Crippen LogP contribution in [0.4, 0.5) is 0 Å². The second-order valence-corrected chi connectivity index (χ2v) is 6.11. The molecule has 0 aliphatic carbocycles. The number of amides is 1. The molecule has 2 aromatic heterocycles. The van der Waals surface area contributed by atoms with E-state index in [4.69, 9.17) is 4.42 Å². The largest absolute Gasteiger partial charge is 0.441 e. The summed E-state index contributed by atoms with van der Waals surface area (Å²) < 4.78 is 5.70. The van der Waals surface area contributed by atoms with E-state index in [0.29, 0.717) is 12.1 Å². The number of hydrogen-bond donors (Lipinski definition) is 1. The van der Waals surface area contributed by atoms with Crippen molar-refractivity contribution in [2.75, 3.05) is 6.54 Å². The molecule has 1 amide bonds. The molecule has 5 heteroatoms. The number of aromatic nitrogens is 2. The summed E-state index contributed by atoms with van der Waals surface area (Å²) in [6.45, 7) is 2.77. The molecule has 3 aromatic rings. The van der Waals surface area contributed by atoms with Crippen molar-refractivity contribution >= 4 is 17.0 Å². The SMILES string of the molecule is CCCCc1nc2cc(C(=O)NCCCc3cccnc3)ccc2o1. The lowest BCUT2D eigenvalue weighted by atomic mass is 10.1. The van der Waals surface area contributed by atoms with Gasteiger partial charge in [-0.1, -0.05) is 19.4 Å². The van der Waals surface area contributed by atoms with Crippen LogP contribution in [0.5, 0.6) is 0 Å². The van der Waals surface area contributed by atoms with Crippen molar-refractivity contribution in [1.82, 2.24) is 15.3 Å². The summed E-state index contributed by atoms with van der Waals surface area (Å²) in [4.78, 5) is 20.9. The minimum Gasteiger partial charge on any atom is -0.441 e. The molecule has 0 radical (unpaired) electrons.